The summed E-state index contributed by atoms with van der Waals surface area (Å²) in [6.45, 7) is 6.98. The fraction of sp³-hybridized carbons (Fsp3) is 0.444. The monoisotopic (exact) mass is 284 g/mol. The van der Waals surface area contributed by atoms with Crippen LogP contribution in [0.15, 0.2) is 42.5 Å². The number of likely N-dealkylation sites (tertiary alicyclic amines) is 1. The quantitative estimate of drug-likeness (QED) is 0.917. The fourth-order valence-corrected chi connectivity index (χ4v) is 3.03. The number of hydrogen-bond acceptors (Lipinski definition) is 3. The Labute approximate surface area is 126 Å². The Morgan fingerprint density at radius 3 is 2.76 bits per heavy atom. The molecule has 1 saturated heterocycles. The molecule has 0 aromatic heterocycles. The van der Waals surface area contributed by atoms with Crippen LogP contribution in [0.1, 0.15) is 13.3 Å². The summed E-state index contributed by atoms with van der Waals surface area (Å²) >= 11 is 0. The van der Waals surface area contributed by atoms with Gasteiger partial charge in [0.2, 0.25) is 0 Å². The zero-order valence-corrected chi connectivity index (χ0v) is 12.7. The topological polar surface area (TPSA) is 38.5 Å². The molecule has 0 saturated carbocycles. The summed E-state index contributed by atoms with van der Waals surface area (Å²) in [6, 6.07) is 14.6. The summed E-state index contributed by atoms with van der Waals surface area (Å²) in [5.41, 5.74) is 6.14. The molecule has 2 aromatic carbocycles. The number of rotatable bonds is 5. The molecule has 1 unspecified atom stereocenters. The van der Waals surface area contributed by atoms with Crippen molar-refractivity contribution in [2.75, 3.05) is 32.8 Å². The number of benzene rings is 2. The maximum Gasteiger partial charge on any atom is 0.120 e. The smallest absolute Gasteiger partial charge is 0.120 e. The SMILES string of the molecule is CC1(CN)CCN(CCOc2ccc3ccccc3c2)C1. The zero-order chi connectivity index (χ0) is 14.7. The van der Waals surface area contributed by atoms with Gasteiger partial charge >= 0.3 is 0 Å². The highest BCUT2D eigenvalue weighted by atomic mass is 16.5. The van der Waals surface area contributed by atoms with E-state index in [-0.39, 0.29) is 0 Å². The average Bonchev–Trinajstić information content (AvgIpc) is 2.89. The van der Waals surface area contributed by atoms with Gasteiger partial charge in [0.05, 0.1) is 0 Å². The van der Waals surface area contributed by atoms with Gasteiger partial charge in [0.15, 0.2) is 0 Å². The van der Waals surface area contributed by atoms with E-state index in [1.54, 1.807) is 0 Å². The molecule has 0 bridgehead atoms. The first-order valence-electron chi connectivity index (χ1n) is 7.73. The summed E-state index contributed by atoms with van der Waals surface area (Å²) in [7, 11) is 0. The van der Waals surface area contributed by atoms with Crippen LogP contribution in [0.4, 0.5) is 0 Å². The van der Waals surface area contributed by atoms with Gasteiger partial charge in [-0.15, -0.1) is 0 Å². The molecule has 3 rings (SSSR count). The van der Waals surface area contributed by atoms with Crippen molar-refractivity contribution in [3.8, 4) is 5.75 Å². The van der Waals surface area contributed by atoms with E-state index in [0.717, 1.165) is 38.5 Å². The van der Waals surface area contributed by atoms with Crippen molar-refractivity contribution in [3.63, 3.8) is 0 Å². The van der Waals surface area contributed by atoms with Gasteiger partial charge in [0.1, 0.15) is 12.4 Å². The number of ether oxygens (including phenoxy) is 1. The molecule has 1 aliphatic rings. The Morgan fingerprint density at radius 1 is 1.19 bits per heavy atom. The molecule has 0 radical (unpaired) electrons. The second kappa shape index (κ2) is 6.04. The van der Waals surface area contributed by atoms with Crippen molar-refractivity contribution >= 4 is 10.8 Å². The van der Waals surface area contributed by atoms with Crippen molar-refractivity contribution in [2.24, 2.45) is 11.1 Å². The fourth-order valence-electron chi connectivity index (χ4n) is 3.03. The highest BCUT2D eigenvalue weighted by molar-refractivity contribution is 5.83. The first-order valence-corrected chi connectivity index (χ1v) is 7.73. The van der Waals surface area contributed by atoms with E-state index in [9.17, 15) is 0 Å². The van der Waals surface area contributed by atoms with E-state index >= 15 is 0 Å². The number of hydrogen-bond donors (Lipinski definition) is 1. The standard InChI is InChI=1S/C18H24N2O/c1-18(13-19)8-9-20(14-18)10-11-21-17-7-6-15-4-2-3-5-16(15)12-17/h2-7,12H,8-11,13-14,19H2,1H3. The molecular weight excluding hydrogens is 260 g/mol. The Kier molecular flexibility index (Phi) is 4.13. The molecule has 2 aromatic rings. The van der Waals surface area contributed by atoms with Crippen molar-refractivity contribution in [1.82, 2.24) is 4.90 Å². The van der Waals surface area contributed by atoms with Crippen LogP contribution in [0.5, 0.6) is 5.75 Å². The lowest BCUT2D eigenvalue weighted by atomic mass is 9.90. The normalized spacial score (nSPS) is 22.8. The van der Waals surface area contributed by atoms with Gasteiger partial charge < -0.3 is 10.5 Å². The van der Waals surface area contributed by atoms with Crippen molar-refractivity contribution < 1.29 is 4.74 Å². The van der Waals surface area contributed by atoms with Crippen molar-refractivity contribution in [3.05, 3.63) is 42.5 Å². The lowest BCUT2D eigenvalue weighted by Crippen LogP contribution is -2.33. The minimum Gasteiger partial charge on any atom is -0.492 e. The molecular formula is C18H24N2O. The summed E-state index contributed by atoms with van der Waals surface area (Å²) in [6.07, 6.45) is 1.19. The molecule has 3 heteroatoms. The van der Waals surface area contributed by atoms with E-state index in [4.69, 9.17) is 10.5 Å². The molecule has 112 valence electrons. The first-order chi connectivity index (χ1) is 10.2. The molecule has 0 amide bonds. The third-order valence-electron chi connectivity index (χ3n) is 4.53. The minimum absolute atomic E-state index is 0.295. The van der Waals surface area contributed by atoms with E-state index in [2.05, 4.69) is 54.3 Å². The third-order valence-corrected chi connectivity index (χ3v) is 4.53. The Hall–Kier alpha value is -1.58. The van der Waals surface area contributed by atoms with Gasteiger partial charge in [-0.3, -0.25) is 4.90 Å². The highest BCUT2D eigenvalue weighted by Crippen LogP contribution is 2.28. The Morgan fingerprint density at radius 2 is 2.00 bits per heavy atom. The van der Waals surface area contributed by atoms with Crippen LogP contribution >= 0.6 is 0 Å². The summed E-state index contributed by atoms with van der Waals surface area (Å²) < 4.78 is 5.90. The van der Waals surface area contributed by atoms with Crippen molar-refractivity contribution in [2.45, 2.75) is 13.3 Å². The molecule has 0 spiro atoms. The van der Waals surface area contributed by atoms with Gasteiger partial charge in [-0.25, -0.2) is 0 Å². The Balaban J connectivity index is 1.53. The maximum atomic E-state index is 5.90. The van der Waals surface area contributed by atoms with Gasteiger partial charge in [-0.1, -0.05) is 37.3 Å². The van der Waals surface area contributed by atoms with E-state index in [0.29, 0.717) is 5.41 Å². The molecule has 1 aliphatic heterocycles. The van der Waals surface area contributed by atoms with Crippen molar-refractivity contribution in [1.29, 1.82) is 0 Å². The van der Waals surface area contributed by atoms with E-state index < -0.39 is 0 Å². The van der Waals surface area contributed by atoms with E-state index in [1.165, 1.54) is 17.2 Å². The molecule has 0 aliphatic carbocycles. The lowest BCUT2D eigenvalue weighted by molar-refractivity contribution is 0.219. The van der Waals surface area contributed by atoms with Crippen LogP contribution in [0.2, 0.25) is 0 Å². The number of nitrogens with zero attached hydrogens (tertiary/aromatic N) is 1. The summed E-state index contributed by atoms with van der Waals surface area (Å²) in [4.78, 5) is 2.45. The van der Waals surface area contributed by atoms with E-state index in [1.807, 2.05) is 0 Å². The molecule has 3 nitrogen and oxygen atoms in total. The maximum absolute atomic E-state index is 5.90. The zero-order valence-electron chi connectivity index (χ0n) is 12.7. The van der Waals surface area contributed by atoms with Gasteiger partial charge in [0.25, 0.3) is 0 Å². The predicted octanol–water partition coefficient (Wildman–Crippen LogP) is 2.89. The minimum atomic E-state index is 0.295. The summed E-state index contributed by atoms with van der Waals surface area (Å²) in [5.74, 6) is 0.953. The van der Waals surface area contributed by atoms with Crippen LogP contribution in [0.3, 0.4) is 0 Å². The number of nitrogens with two attached hydrogens (primary N) is 1. The largest absolute Gasteiger partial charge is 0.492 e. The number of fused-ring (bicyclic) bond motifs is 1. The Bertz CT molecular complexity index is 613. The second-order valence-corrected chi connectivity index (χ2v) is 6.40. The predicted molar refractivity (Wildman–Crippen MR) is 87.7 cm³/mol. The molecule has 21 heavy (non-hydrogen) atoms. The molecule has 1 fully saturated rings. The molecule has 1 heterocycles. The third kappa shape index (κ3) is 3.36. The molecule has 2 N–H and O–H groups in total. The van der Waals surface area contributed by atoms with Crippen LogP contribution in [0.25, 0.3) is 10.8 Å². The summed E-state index contributed by atoms with van der Waals surface area (Å²) in [5, 5.41) is 2.48. The van der Waals surface area contributed by atoms with Crippen LogP contribution in [0, 0.1) is 5.41 Å². The highest BCUT2D eigenvalue weighted by Gasteiger charge is 2.31. The van der Waals surface area contributed by atoms with Gasteiger partial charge in [-0.2, -0.15) is 0 Å². The first kappa shape index (κ1) is 14.4. The van der Waals surface area contributed by atoms with Crippen LogP contribution in [-0.4, -0.2) is 37.7 Å². The van der Waals surface area contributed by atoms with Gasteiger partial charge in [0, 0.05) is 13.1 Å². The average molecular weight is 284 g/mol. The lowest BCUT2D eigenvalue weighted by Gasteiger charge is -2.22. The van der Waals surface area contributed by atoms with Crippen LogP contribution in [-0.2, 0) is 0 Å². The molecule has 1 atom stereocenters. The second-order valence-electron chi connectivity index (χ2n) is 6.40. The van der Waals surface area contributed by atoms with Crippen LogP contribution < -0.4 is 10.5 Å². The van der Waals surface area contributed by atoms with Gasteiger partial charge in [-0.05, 0) is 47.8 Å².